The quantitative estimate of drug-likeness (QED) is 0.534. The van der Waals surface area contributed by atoms with E-state index in [0.29, 0.717) is 0 Å². The van der Waals surface area contributed by atoms with Crippen LogP contribution in [0.3, 0.4) is 0 Å². The van der Waals surface area contributed by atoms with Gasteiger partial charge in [-0.3, -0.25) is 14.2 Å². The van der Waals surface area contributed by atoms with Crippen molar-refractivity contribution < 1.29 is 17.6 Å². The van der Waals surface area contributed by atoms with Gasteiger partial charge in [0, 0.05) is 29.4 Å². The number of aromatic nitrogens is 2. The van der Waals surface area contributed by atoms with E-state index in [4.69, 9.17) is 11.6 Å². The Morgan fingerprint density at radius 2 is 1.87 bits per heavy atom. The number of hydrogen-bond donors (Lipinski definition) is 2. The first-order chi connectivity index (χ1) is 14.6. The number of aryl methyl sites for hydroxylation is 2. The molecule has 0 aliphatic rings. The van der Waals surface area contributed by atoms with Crippen molar-refractivity contribution in [2.45, 2.75) is 18.7 Å². The van der Waals surface area contributed by atoms with Crippen LogP contribution in [0.2, 0.25) is 5.02 Å². The summed E-state index contributed by atoms with van der Waals surface area (Å²) >= 11 is 6.01. The van der Waals surface area contributed by atoms with Gasteiger partial charge in [0.2, 0.25) is 5.91 Å². The topological polar surface area (TPSA) is 93.1 Å². The summed E-state index contributed by atoms with van der Waals surface area (Å²) in [6.45, 7) is 3.71. The summed E-state index contributed by atoms with van der Waals surface area (Å²) in [4.78, 5) is 12.0. The SMILES string of the molecule is Cc1nn(C)c(C)c1/C=C/C(=O)Nc1cc(Cl)ccc1NS(=O)(=O)c1ccccc1F. The molecule has 0 unspecified atom stereocenters. The number of amides is 1. The van der Waals surface area contributed by atoms with Gasteiger partial charge in [0.15, 0.2) is 0 Å². The Labute approximate surface area is 184 Å². The van der Waals surface area contributed by atoms with E-state index in [2.05, 4.69) is 15.1 Å². The third kappa shape index (κ3) is 5.12. The van der Waals surface area contributed by atoms with Crippen LogP contribution in [0.1, 0.15) is 17.0 Å². The minimum atomic E-state index is -4.23. The van der Waals surface area contributed by atoms with Crippen LogP contribution in [0.4, 0.5) is 15.8 Å². The van der Waals surface area contributed by atoms with Gasteiger partial charge in [0.05, 0.1) is 17.1 Å². The smallest absolute Gasteiger partial charge is 0.264 e. The molecule has 10 heteroatoms. The number of rotatable bonds is 6. The molecule has 0 saturated carbocycles. The lowest BCUT2D eigenvalue weighted by atomic mass is 10.2. The molecule has 1 heterocycles. The van der Waals surface area contributed by atoms with Crippen molar-refractivity contribution in [3.63, 3.8) is 0 Å². The zero-order chi connectivity index (χ0) is 22.8. The van der Waals surface area contributed by atoms with E-state index in [-0.39, 0.29) is 16.4 Å². The molecule has 0 spiro atoms. The maximum Gasteiger partial charge on any atom is 0.264 e. The molecule has 0 bridgehead atoms. The van der Waals surface area contributed by atoms with Crippen molar-refractivity contribution in [2.24, 2.45) is 7.05 Å². The first kappa shape index (κ1) is 22.5. The molecule has 3 rings (SSSR count). The van der Waals surface area contributed by atoms with Crippen molar-refractivity contribution in [1.82, 2.24) is 9.78 Å². The second-order valence-electron chi connectivity index (χ2n) is 6.76. The number of nitrogens with zero attached hydrogens (tertiary/aromatic N) is 2. The fourth-order valence-corrected chi connectivity index (χ4v) is 4.27. The molecule has 0 saturated heterocycles. The Hall–Kier alpha value is -3.17. The Kier molecular flexibility index (Phi) is 6.47. The van der Waals surface area contributed by atoms with E-state index >= 15 is 0 Å². The van der Waals surface area contributed by atoms with Gasteiger partial charge < -0.3 is 5.32 Å². The molecule has 1 aromatic heterocycles. The van der Waals surface area contributed by atoms with Gasteiger partial charge in [-0.2, -0.15) is 5.10 Å². The van der Waals surface area contributed by atoms with Gasteiger partial charge in [-0.1, -0.05) is 23.7 Å². The van der Waals surface area contributed by atoms with Crippen molar-refractivity contribution >= 4 is 45.0 Å². The molecule has 0 atom stereocenters. The number of hydrogen-bond acceptors (Lipinski definition) is 4. The fourth-order valence-electron chi connectivity index (χ4n) is 2.94. The standard InChI is InChI=1S/C21H20ClFN4O3S/c1-13-16(14(2)27(3)25-13)9-11-21(28)24-19-12-15(22)8-10-18(19)26-31(29,30)20-7-5-4-6-17(20)23/h4-12,26H,1-3H3,(H,24,28)/b11-9+. The van der Waals surface area contributed by atoms with Crippen LogP contribution in [0.25, 0.3) is 6.08 Å². The van der Waals surface area contributed by atoms with Gasteiger partial charge >= 0.3 is 0 Å². The van der Waals surface area contributed by atoms with Crippen LogP contribution < -0.4 is 10.0 Å². The molecule has 7 nitrogen and oxygen atoms in total. The van der Waals surface area contributed by atoms with Crippen LogP contribution >= 0.6 is 11.6 Å². The van der Waals surface area contributed by atoms with E-state index in [0.717, 1.165) is 29.1 Å². The molecule has 0 fully saturated rings. The van der Waals surface area contributed by atoms with Gasteiger partial charge in [-0.15, -0.1) is 0 Å². The summed E-state index contributed by atoms with van der Waals surface area (Å²) < 4.78 is 43.2. The average molecular weight is 463 g/mol. The van der Waals surface area contributed by atoms with Crippen LogP contribution in [-0.4, -0.2) is 24.1 Å². The Bertz CT molecular complexity index is 1290. The molecule has 3 aromatic rings. The molecule has 1 amide bonds. The molecule has 2 aromatic carbocycles. The van der Waals surface area contributed by atoms with Crippen LogP contribution in [0.5, 0.6) is 0 Å². The lowest BCUT2D eigenvalue weighted by Gasteiger charge is -2.14. The van der Waals surface area contributed by atoms with E-state index < -0.39 is 26.6 Å². The van der Waals surface area contributed by atoms with E-state index in [1.165, 1.54) is 36.4 Å². The van der Waals surface area contributed by atoms with Crippen molar-refractivity contribution in [1.29, 1.82) is 0 Å². The van der Waals surface area contributed by atoms with E-state index in [1.807, 2.05) is 13.8 Å². The maximum absolute atomic E-state index is 14.0. The fraction of sp³-hybridized carbons (Fsp3) is 0.143. The summed E-state index contributed by atoms with van der Waals surface area (Å²) in [6, 6.07) is 9.23. The zero-order valence-electron chi connectivity index (χ0n) is 17.0. The average Bonchev–Trinajstić information content (AvgIpc) is 2.94. The second kappa shape index (κ2) is 8.91. The Morgan fingerprint density at radius 3 is 2.52 bits per heavy atom. The first-order valence-electron chi connectivity index (χ1n) is 9.14. The van der Waals surface area contributed by atoms with Crippen molar-refractivity contribution in [3.8, 4) is 0 Å². The third-order valence-electron chi connectivity index (χ3n) is 4.58. The van der Waals surface area contributed by atoms with Gasteiger partial charge in [0.25, 0.3) is 10.0 Å². The molecular formula is C21H20ClFN4O3S. The highest BCUT2D eigenvalue weighted by atomic mass is 35.5. The maximum atomic E-state index is 14.0. The predicted octanol–water partition coefficient (Wildman–Crippen LogP) is 4.28. The number of carbonyl (C=O) groups excluding carboxylic acids is 1. The summed E-state index contributed by atoms with van der Waals surface area (Å²) in [5.41, 5.74) is 2.64. The van der Waals surface area contributed by atoms with Crippen molar-refractivity contribution in [3.05, 3.63) is 76.3 Å². The van der Waals surface area contributed by atoms with Gasteiger partial charge in [-0.25, -0.2) is 12.8 Å². The van der Waals surface area contributed by atoms with Crippen LogP contribution in [0, 0.1) is 19.7 Å². The Morgan fingerprint density at radius 1 is 1.16 bits per heavy atom. The minimum absolute atomic E-state index is 0.0446. The lowest BCUT2D eigenvalue weighted by molar-refractivity contribution is -0.111. The molecule has 0 aliphatic carbocycles. The summed E-state index contributed by atoms with van der Waals surface area (Å²) in [6.07, 6.45) is 2.94. The van der Waals surface area contributed by atoms with E-state index in [9.17, 15) is 17.6 Å². The second-order valence-corrected chi connectivity index (χ2v) is 8.84. The number of sulfonamides is 1. The lowest BCUT2D eigenvalue weighted by Crippen LogP contribution is -2.17. The highest BCUT2D eigenvalue weighted by Gasteiger charge is 2.20. The molecule has 162 valence electrons. The summed E-state index contributed by atoms with van der Waals surface area (Å²) in [5, 5.41) is 7.17. The molecule has 2 N–H and O–H groups in total. The number of benzene rings is 2. The number of nitrogens with one attached hydrogen (secondary N) is 2. The number of carbonyl (C=O) groups is 1. The van der Waals surface area contributed by atoms with Crippen LogP contribution in [-0.2, 0) is 21.9 Å². The minimum Gasteiger partial charge on any atom is -0.321 e. The molecule has 0 aliphatic heterocycles. The number of anilines is 2. The largest absolute Gasteiger partial charge is 0.321 e. The predicted molar refractivity (Wildman–Crippen MR) is 119 cm³/mol. The van der Waals surface area contributed by atoms with Crippen molar-refractivity contribution in [2.75, 3.05) is 10.0 Å². The summed E-state index contributed by atoms with van der Waals surface area (Å²) in [7, 11) is -2.42. The zero-order valence-corrected chi connectivity index (χ0v) is 18.6. The van der Waals surface area contributed by atoms with Gasteiger partial charge in [0.1, 0.15) is 10.7 Å². The molecule has 0 radical (unpaired) electrons. The van der Waals surface area contributed by atoms with E-state index in [1.54, 1.807) is 17.8 Å². The first-order valence-corrected chi connectivity index (χ1v) is 11.0. The molecule has 31 heavy (non-hydrogen) atoms. The third-order valence-corrected chi connectivity index (χ3v) is 6.21. The molecular weight excluding hydrogens is 443 g/mol. The Balaban J connectivity index is 1.86. The number of halogens is 2. The highest BCUT2D eigenvalue weighted by molar-refractivity contribution is 7.92. The monoisotopic (exact) mass is 462 g/mol. The van der Waals surface area contributed by atoms with Gasteiger partial charge in [-0.05, 0) is 50.3 Å². The normalized spacial score (nSPS) is 11.6. The van der Waals surface area contributed by atoms with Crippen LogP contribution in [0.15, 0.2) is 53.4 Å². The summed E-state index contributed by atoms with van der Waals surface area (Å²) in [5.74, 6) is -1.39. The highest BCUT2D eigenvalue weighted by Crippen LogP contribution is 2.29.